The van der Waals surface area contributed by atoms with Gasteiger partial charge in [-0.1, -0.05) is 19.4 Å². The minimum absolute atomic E-state index is 0.0352. The number of carbonyl (C=O) groups is 3. The van der Waals surface area contributed by atoms with Gasteiger partial charge in [-0.2, -0.15) is 0 Å². The van der Waals surface area contributed by atoms with Gasteiger partial charge in [-0.15, -0.1) is 11.6 Å². The van der Waals surface area contributed by atoms with Crippen LogP contribution in [0.2, 0.25) is 0 Å². The molecule has 4 fully saturated rings. The zero-order valence-corrected chi connectivity index (χ0v) is 21.5. The number of nitrogens with one attached hydrogen (secondary N) is 1. The first kappa shape index (κ1) is 24.4. The van der Waals surface area contributed by atoms with E-state index in [1.807, 2.05) is 20.8 Å². The summed E-state index contributed by atoms with van der Waals surface area (Å²) in [6.07, 6.45) is 3.58. The Morgan fingerprint density at radius 1 is 1.21 bits per heavy atom. The van der Waals surface area contributed by atoms with Crippen molar-refractivity contribution in [2.24, 2.45) is 22.7 Å². The average Bonchev–Trinajstić information content (AvgIpc) is 3.14. The Kier molecular flexibility index (Phi) is 5.29. The van der Waals surface area contributed by atoms with Crippen LogP contribution in [0.15, 0.2) is 11.6 Å². The molecule has 8 heteroatoms. The highest BCUT2D eigenvalue weighted by Gasteiger charge is 2.79. The van der Waals surface area contributed by atoms with Crippen LogP contribution in [0.3, 0.4) is 0 Å². The number of carbonyl (C=O) groups excluding carboxylic acids is 3. The maximum atomic E-state index is 13.5. The second-order valence-corrected chi connectivity index (χ2v) is 12.3. The molecule has 5 rings (SSSR count). The van der Waals surface area contributed by atoms with E-state index in [1.54, 1.807) is 6.08 Å². The zero-order valence-electron chi connectivity index (χ0n) is 20.7. The monoisotopic (exact) mass is 493 g/mol. The topological polar surface area (TPSA) is 102 Å². The fourth-order valence-corrected chi connectivity index (χ4v) is 9.16. The molecule has 1 saturated heterocycles. The number of aliphatic hydroxyl groups is 1. The summed E-state index contributed by atoms with van der Waals surface area (Å²) in [5, 5.41) is 15.3. The molecule has 3 saturated carbocycles. The lowest BCUT2D eigenvalue weighted by Gasteiger charge is -2.67. The van der Waals surface area contributed by atoms with E-state index in [2.05, 4.69) is 12.2 Å². The number of hydrogen-bond donors (Lipinski definition) is 2. The summed E-state index contributed by atoms with van der Waals surface area (Å²) in [5.74, 6) is -1.58. The Bertz CT molecular complexity index is 994. The summed E-state index contributed by atoms with van der Waals surface area (Å²) in [4.78, 5) is 38.4. The third-order valence-electron chi connectivity index (χ3n) is 10.1. The van der Waals surface area contributed by atoms with Gasteiger partial charge in [-0.3, -0.25) is 14.4 Å². The van der Waals surface area contributed by atoms with Gasteiger partial charge in [0.1, 0.15) is 0 Å². The van der Waals surface area contributed by atoms with Crippen molar-refractivity contribution < 1.29 is 29.0 Å². The van der Waals surface area contributed by atoms with E-state index in [9.17, 15) is 19.5 Å². The number of amides is 1. The number of rotatable bonds is 3. The summed E-state index contributed by atoms with van der Waals surface area (Å²) in [5.41, 5.74) is -2.45. The highest BCUT2D eigenvalue weighted by atomic mass is 35.5. The van der Waals surface area contributed by atoms with E-state index in [0.29, 0.717) is 25.7 Å². The molecule has 0 aromatic carbocycles. The number of aliphatic hydroxyl groups excluding tert-OH is 1. The average molecular weight is 494 g/mol. The van der Waals surface area contributed by atoms with E-state index in [4.69, 9.17) is 21.1 Å². The van der Waals surface area contributed by atoms with Crippen LogP contribution in [0.1, 0.15) is 73.1 Å². The van der Waals surface area contributed by atoms with Crippen molar-refractivity contribution >= 4 is 29.1 Å². The van der Waals surface area contributed by atoms with Crippen molar-refractivity contribution in [2.75, 3.05) is 5.88 Å². The van der Waals surface area contributed by atoms with Crippen molar-refractivity contribution in [1.29, 1.82) is 0 Å². The molecule has 4 aliphatic carbocycles. The highest BCUT2D eigenvalue weighted by molar-refractivity contribution is 6.29. The second kappa shape index (κ2) is 7.37. The number of ketones is 2. The molecule has 1 heterocycles. The molecule has 188 valence electrons. The maximum absolute atomic E-state index is 13.5. The zero-order chi connectivity index (χ0) is 24.9. The van der Waals surface area contributed by atoms with Crippen molar-refractivity contribution in [3.8, 4) is 0 Å². The maximum Gasteiger partial charge on any atom is 0.217 e. The molecular weight excluding hydrogens is 458 g/mol. The van der Waals surface area contributed by atoms with Gasteiger partial charge in [-0.05, 0) is 63.9 Å². The predicted octanol–water partition coefficient (Wildman–Crippen LogP) is 3.06. The van der Waals surface area contributed by atoms with Gasteiger partial charge in [0.2, 0.25) is 5.91 Å². The third kappa shape index (κ3) is 2.78. The van der Waals surface area contributed by atoms with E-state index in [1.165, 1.54) is 6.92 Å². The Morgan fingerprint density at radius 3 is 2.56 bits per heavy atom. The van der Waals surface area contributed by atoms with Crippen LogP contribution in [-0.4, -0.2) is 57.6 Å². The van der Waals surface area contributed by atoms with E-state index in [-0.39, 0.29) is 41.6 Å². The molecule has 0 bridgehead atoms. The fraction of sp³-hybridized carbons (Fsp3) is 0.808. The van der Waals surface area contributed by atoms with E-state index >= 15 is 0 Å². The van der Waals surface area contributed by atoms with Crippen LogP contribution in [0.5, 0.6) is 0 Å². The summed E-state index contributed by atoms with van der Waals surface area (Å²) in [7, 11) is 0. The van der Waals surface area contributed by atoms with Gasteiger partial charge in [0, 0.05) is 24.2 Å². The molecule has 34 heavy (non-hydrogen) atoms. The lowest BCUT2D eigenvalue weighted by molar-refractivity contribution is -0.233. The van der Waals surface area contributed by atoms with E-state index in [0.717, 1.165) is 12.0 Å². The summed E-state index contributed by atoms with van der Waals surface area (Å²) in [6, 6.07) is 0. The second-order valence-electron chi connectivity index (χ2n) is 12.0. The van der Waals surface area contributed by atoms with Gasteiger partial charge < -0.3 is 19.9 Å². The number of Topliss-reactive ketones (excluding diaryl/α,β-unsaturated/α-hetero) is 1. The van der Waals surface area contributed by atoms with Crippen molar-refractivity contribution in [1.82, 2.24) is 5.32 Å². The van der Waals surface area contributed by atoms with Crippen molar-refractivity contribution in [2.45, 2.75) is 102 Å². The standard InChI is InChI=1S/C26H36ClNO6/c1-14(29)28-25-17(7-6-15-10-16(30)8-9-23(15,25)4)18-11-21-26(20(32)13-27,34-22(2,3)33-21)24(18,5)12-19(25)31/h10,17-19,21,31H,6-9,11-13H2,1-5H3,(H,28,29)/t17-,18-,19-,21+,23-,24-,25-,26+/m0/s1. The summed E-state index contributed by atoms with van der Waals surface area (Å²) < 4.78 is 12.8. The first-order chi connectivity index (χ1) is 15.8. The summed E-state index contributed by atoms with van der Waals surface area (Å²) >= 11 is 6.13. The Labute approximate surface area is 206 Å². The molecule has 1 amide bonds. The number of alkyl halides is 1. The molecule has 7 nitrogen and oxygen atoms in total. The van der Waals surface area contributed by atoms with E-state index < -0.39 is 40.0 Å². The van der Waals surface area contributed by atoms with Crippen LogP contribution in [0, 0.1) is 22.7 Å². The van der Waals surface area contributed by atoms with Crippen molar-refractivity contribution in [3.63, 3.8) is 0 Å². The molecule has 0 aromatic rings. The van der Waals surface area contributed by atoms with Gasteiger partial charge in [-0.25, -0.2) is 0 Å². The molecular formula is C26H36ClNO6. The molecule has 2 N–H and O–H groups in total. The summed E-state index contributed by atoms with van der Waals surface area (Å²) in [6.45, 7) is 9.23. The number of hydrogen-bond acceptors (Lipinski definition) is 6. The van der Waals surface area contributed by atoms with Gasteiger partial charge in [0.05, 0.1) is 23.6 Å². The molecule has 0 spiro atoms. The number of halogens is 1. The lowest BCUT2D eigenvalue weighted by atomic mass is 9.41. The molecule has 1 aliphatic heterocycles. The molecule has 8 atom stereocenters. The number of fused-ring (bicyclic) bond motifs is 7. The molecule has 0 unspecified atom stereocenters. The molecule has 0 radical (unpaired) electrons. The van der Waals surface area contributed by atoms with Crippen LogP contribution in [0.25, 0.3) is 0 Å². The Balaban J connectivity index is 1.68. The highest BCUT2D eigenvalue weighted by Crippen LogP contribution is 2.71. The van der Waals surface area contributed by atoms with Gasteiger partial charge in [0.25, 0.3) is 0 Å². The first-order valence-corrected chi connectivity index (χ1v) is 13.0. The normalized spacial score (nSPS) is 48.8. The van der Waals surface area contributed by atoms with Gasteiger partial charge >= 0.3 is 0 Å². The van der Waals surface area contributed by atoms with Crippen LogP contribution in [-0.2, 0) is 23.9 Å². The largest absolute Gasteiger partial charge is 0.391 e. The fourth-order valence-electron chi connectivity index (χ4n) is 8.96. The first-order valence-electron chi connectivity index (χ1n) is 12.5. The molecule has 5 aliphatic rings. The Morgan fingerprint density at radius 2 is 1.91 bits per heavy atom. The smallest absolute Gasteiger partial charge is 0.217 e. The van der Waals surface area contributed by atoms with Crippen LogP contribution < -0.4 is 5.32 Å². The SMILES string of the molecule is CC(=O)N[C@]12[C@@H](O)C[C@@]3(C)[C@@H](C[C@H]4OC(C)(C)O[C@]43C(=O)CCl)[C@@H]1CCC1=CC(=O)CC[C@@]12C. The van der Waals surface area contributed by atoms with Crippen LogP contribution in [0.4, 0.5) is 0 Å². The third-order valence-corrected chi connectivity index (χ3v) is 10.3. The quantitative estimate of drug-likeness (QED) is 0.586. The molecule has 0 aromatic heterocycles. The minimum atomic E-state index is -1.24. The van der Waals surface area contributed by atoms with Crippen molar-refractivity contribution in [3.05, 3.63) is 11.6 Å². The Hall–Kier alpha value is -1.28. The lowest BCUT2D eigenvalue weighted by Crippen LogP contribution is -2.77. The van der Waals surface area contributed by atoms with Gasteiger partial charge in [0.15, 0.2) is 23.0 Å². The minimum Gasteiger partial charge on any atom is -0.391 e. The number of ether oxygens (including phenoxy) is 2. The van der Waals surface area contributed by atoms with Crippen LogP contribution >= 0.6 is 11.6 Å². The predicted molar refractivity (Wildman–Crippen MR) is 125 cm³/mol.